The molecule has 2 aromatic rings. The van der Waals surface area contributed by atoms with Crippen molar-refractivity contribution in [2.45, 2.75) is 46.0 Å². The number of hydrogen-bond donors (Lipinski definition) is 1. The lowest BCUT2D eigenvalue weighted by molar-refractivity contribution is 0.280. The fraction of sp³-hybridized carbons (Fsp3) is 0.500. The number of H-pyrrole nitrogens is 1. The largest absolute Gasteiger partial charge is 0.449 e. The summed E-state index contributed by atoms with van der Waals surface area (Å²) in [5, 5.41) is 0. The first-order valence-corrected chi connectivity index (χ1v) is 8.03. The molecule has 0 aliphatic heterocycles. The minimum absolute atomic E-state index is 0.0353. The van der Waals surface area contributed by atoms with Crippen molar-refractivity contribution in [1.82, 2.24) is 9.97 Å². The molecule has 0 aliphatic rings. The second-order valence-corrected chi connectivity index (χ2v) is 5.40. The van der Waals surface area contributed by atoms with Gasteiger partial charge < -0.3 is 14.1 Å². The van der Waals surface area contributed by atoms with E-state index in [9.17, 15) is 4.79 Å². The fourth-order valence-corrected chi connectivity index (χ4v) is 2.46. The van der Waals surface area contributed by atoms with Crippen LogP contribution in [0.25, 0.3) is 0 Å². The van der Waals surface area contributed by atoms with E-state index in [1.807, 2.05) is 6.92 Å². The molecule has 0 amide bonds. The number of aromatic amines is 1. The molecule has 2 aromatic heterocycles. The molecule has 0 bridgehead atoms. The summed E-state index contributed by atoms with van der Waals surface area (Å²) in [6, 6.07) is 3.52. The first-order chi connectivity index (χ1) is 10.6. The summed E-state index contributed by atoms with van der Waals surface area (Å²) in [5.74, 6) is 1.62. The Bertz CT molecular complexity index is 664. The van der Waals surface area contributed by atoms with E-state index in [1.54, 1.807) is 12.1 Å². The summed E-state index contributed by atoms with van der Waals surface area (Å²) in [6.45, 7) is 4.02. The van der Waals surface area contributed by atoms with Crippen molar-refractivity contribution in [2.24, 2.45) is 0 Å². The molecular weight excluding hydrogens is 304 g/mol. The van der Waals surface area contributed by atoms with Crippen LogP contribution in [0.5, 0.6) is 5.95 Å². The van der Waals surface area contributed by atoms with Gasteiger partial charge in [0.1, 0.15) is 11.6 Å². The molecule has 120 valence electrons. The summed E-state index contributed by atoms with van der Waals surface area (Å²) in [5.41, 5.74) is 1.52. The Labute approximate surface area is 134 Å². The highest BCUT2D eigenvalue weighted by atomic mass is 35.5. The Morgan fingerprint density at radius 1 is 1.36 bits per heavy atom. The fourth-order valence-electron chi connectivity index (χ4n) is 2.35. The standard InChI is InChI=1S/C16H21ClN2O3/c1-3-4-5-6-13-11(2)18-14(19-16(13)20)9-12-7-8-15(22-12)21-10-17/h7-8H,3-6,9-10H2,1-2H3,(H,18,19,20). The Kier molecular flexibility index (Phi) is 6.07. The zero-order valence-electron chi connectivity index (χ0n) is 12.9. The maximum atomic E-state index is 12.2. The van der Waals surface area contributed by atoms with E-state index in [0.717, 1.165) is 36.9 Å². The van der Waals surface area contributed by atoms with Crippen LogP contribution in [-0.4, -0.2) is 16.0 Å². The van der Waals surface area contributed by atoms with Crippen molar-refractivity contribution in [3.63, 3.8) is 0 Å². The smallest absolute Gasteiger partial charge is 0.285 e. The number of ether oxygens (including phenoxy) is 1. The first-order valence-electron chi connectivity index (χ1n) is 7.50. The number of rotatable bonds is 8. The van der Waals surface area contributed by atoms with Gasteiger partial charge >= 0.3 is 0 Å². The van der Waals surface area contributed by atoms with Gasteiger partial charge in [0, 0.05) is 17.3 Å². The van der Waals surface area contributed by atoms with Gasteiger partial charge in [-0.15, -0.1) is 0 Å². The van der Waals surface area contributed by atoms with E-state index < -0.39 is 0 Å². The molecule has 2 heterocycles. The SMILES string of the molecule is CCCCCc1c(C)nc(Cc2ccc(OCCl)o2)[nH]c1=O. The highest BCUT2D eigenvalue weighted by Gasteiger charge is 2.10. The van der Waals surface area contributed by atoms with Crippen molar-refractivity contribution in [3.8, 4) is 5.95 Å². The summed E-state index contributed by atoms with van der Waals surface area (Å²) < 4.78 is 10.5. The molecule has 5 nitrogen and oxygen atoms in total. The van der Waals surface area contributed by atoms with Crippen molar-refractivity contribution >= 4 is 11.6 Å². The molecule has 0 aliphatic carbocycles. The van der Waals surface area contributed by atoms with Crippen molar-refractivity contribution in [2.75, 3.05) is 6.07 Å². The van der Waals surface area contributed by atoms with E-state index in [-0.39, 0.29) is 11.6 Å². The quantitative estimate of drug-likeness (QED) is 0.595. The third kappa shape index (κ3) is 4.37. The minimum atomic E-state index is -0.0533. The monoisotopic (exact) mass is 324 g/mol. The third-order valence-corrected chi connectivity index (χ3v) is 3.59. The number of furan rings is 1. The van der Waals surface area contributed by atoms with Crippen LogP contribution >= 0.6 is 11.6 Å². The van der Waals surface area contributed by atoms with Gasteiger partial charge in [-0.2, -0.15) is 0 Å². The zero-order chi connectivity index (χ0) is 15.9. The molecule has 2 rings (SSSR count). The second kappa shape index (κ2) is 8.03. The van der Waals surface area contributed by atoms with Crippen molar-refractivity contribution in [3.05, 3.63) is 45.3 Å². The molecule has 6 heteroatoms. The van der Waals surface area contributed by atoms with Gasteiger partial charge in [0.15, 0.2) is 6.07 Å². The van der Waals surface area contributed by atoms with Gasteiger partial charge in [-0.25, -0.2) is 4.98 Å². The number of hydrogen-bond acceptors (Lipinski definition) is 4. The molecule has 22 heavy (non-hydrogen) atoms. The summed E-state index contributed by atoms with van der Waals surface area (Å²) in [7, 11) is 0. The molecule has 0 atom stereocenters. The number of aryl methyl sites for hydroxylation is 1. The van der Waals surface area contributed by atoms with Crippen LogP contribution in [-0.2, 0) is 12.8 Å². The maximum Gasteiger partial charge on any atom is 0.285 e. The number of unbranched alkanes of at least 4 members (excludes halogenated alkanes) is 2. The van der Waals surface area contributed by atoms with Gasteiger partial charge in [0.25, 0.3) is 11.5 Å². The molecular formula is C16H21ClN2O3. The van der Waals surface area contributed by atoms with E-state index in [4.69, 9.17) is 20.8 Å². The van der Waals surface area contributed by atoms with E-state index in [0.29, 0.717) is 24.0 Å². The molecule has 0 unspecified atom stereocenters. The van der Waals surface area contributed by atoms with Crippen LogP contribution in [0.3, 0.4) is 0 Å². The number of halogens is 1. The summed E-state index contributed by atoms with van der Waals surface area (Å²) in [6.07, 6.45) is 4.45. The van der Waals surface area contributed by atoms with Crippen LogP contribution in [0.2, 0.25) is 0 Å². The number of aromatic nitrogens is 2. The predicted octanol–water partition coefficient (Wildman–Crippen LogP) is 3.57. The Hall–Kier alpha value is -1.75. The Morgan fingerprint density at radius 3 is 2.86 bits per heavy atom. The Balaban J connectivity index is 2.10. The Morgan fingerprint density at radius 2 is 2.18 bits per heavy atom. The summed E-state index contributed by atoms with van der Waals surface area (Å²) in [4.78, 5) is 19.5. The van der Waals surface area contributed by atoms with Gasteiger partial charge in [0.05, 0.1) is 6.42 Å². The highest BCUT2D eigenvalue weighted by molar-refractivity contribution is 6.17. The minimum Gasteiger partial charge on any atom is -0.449 e. The van der Waals surface area contributed by atoms with Gasteiger partial charge in [0.2, 0.25) is 0 Å². The number of nitrogens with one attached hydrogen (secondary N) is 1. The van der Waals surface area contributed by atoms with Crippen molar-refractivity contribution in [1.29, 1.82) is 0 Å². The molecule has 0 spiro atoms. The van der Waals surface area contributed by atoms with Crippen LogP contribution in [0.4, 0.5) is 0 Å². The van der Waals surface area contributed by atoms with E-state index in [2.05, 4.69) is 16.9 Å². The molecule has 0 aromatic carbocycles. The molecule has 0 fully saturated rings. The lowest BCUT2D eigenvalue weighted by atomic mass is 10.1. The average Bonchev–Trinajstić information content (AvgIpc) is 2.89. The average molecular weight is 325 g/mol. The molecule has 0 saturated heterocycles. The number of nitrogens with zero attached hydrogens (tertiary/aromatic N) is 1. The van der Waals surface area contributed by atoms with Gasteiger partial charge in [-0.3, -0.25) is 4.79 Å². The third-order valence-electron chi connectivity index (χ3n) is 3.48. The van der Waals surface area contributed by atoms with Crippen LogP contribution in [0.1, 0.15) is 49.0 Å². The molecule has 0 saturated carbocycles. The van der Waals surface area contributed by atoms with Crippen LogP contribution in [0, 0.1) is 6.92 Å². The highest BCUT2D eigenvalue weighted by Crippen LogP contribution is 2.18. The normalized spacial score (nSPS) is 10.9. The molecule has 0 radical (unpaired) electrons. The summed E-state index contributed by atoms with van der Waals surface area (Å²) >= 11 is 5.47. The topological polar surface area (TPSA) is 68.1 Å². The second-order valence-electron chi connectivity index (χ2n) is 5.18. The van der Waals surface area contributed by atoms with E-state index in [1.165, 1.54) is 0 Å². The first kappa shape index (κ1) is 16.6. The zero-order valence-corrected chi connectivity index (χ0v) is 13.7. The van der Waals surface area contributed by atoms with Crippen LogP contribution < -0.4 is 10.3 Å². The van der Waals surface area contributed by atoms with Gasteiger partial charge in [-0.05, 0) is 25.8 Å². The number of alkyl halides is 1. The van der Waals surface area contributed by atoms with Gasteiger partial charge in [-0.1, -0.05) is 31.4 Å². The molecule has 1 N–H and O–H groups in total. The predicted molar refractivity (Wildman–Crippen MR) is 85.7 cm³/mol. The van der Waals surface area contributed by atoms with Crippen LogP contribution in [0.15, 0.2) is 21.3 Å². The lowest BCUT2D eigenvalue weighted by Gasteiger charge is -2.06. The van der Waals surface area contributed by atoms with E-state index >= 15 is 0 Å². The maximum absolute atomic E-state index is 12.2. The van der Waals surface area contributed by atoms with Crippen molar-refractivity contribution < 1.29 is 9.15 Å². The lowest BCUT2D eigenvalue weighted by Crippen LogP contribution is -2.19.